The molecule has 1 atom stereocenters. The topological polar surface area (TPSA) is 89.1 Å². The third kappa shape index (κ3) is 5.02. The molecule has 0 aromatic heterocycles. The van der Waals surface area contributed by atoms with Crippen LogP contribution in [0.4, 0.5) is 22.7 Å². The van der Waals surface area contributed by atoms with Gasteiger partial charge in [0.15, 0.2) is 5.84 Å². The van der Waals surface area contributed by atoms with Gasteiger partial charge in [-0.2, -0.15) is 0 Å². The number of rotatable bonds is 8. The Labute approximate surface area is 212 Å². The number of amidine groups is 1. The summed E-state index contributed by atoms with van der Waals surface area (Å²) < 4.78 is 0. The van der Waals surface area contributed by atoms with Gasteiger partial charge in [-0.1, -0.05) is 35.9 Å². The second-order valence-corrected chi connectivity index (χ2v) is 8.66. The number of carbonyl (C=O) groups excluding carboxylic acids is 2. The Bertz CT molecular complexity index is 1240. The molecule has 36 heavy (non-hydrogen) atoms. The van der Waals surface area contributed by atoms with E-state index in [1.54, 1.807) is 0 Å². The number of para-hydroxylation sites is 1. The summed E-state index contributed by atoms with van der Waals surface area (Å²) >= 11 is 0. The zero-order valence-corrected chi connectivity index (χ0v) is 21.1. The number of carbonyl (C=O) groups is 2. The fourth-order valence-corrected chi connectivity index (χ4v) is 4.21. The van der Waals surface area contributed by atoms with Crippen LogP contribution in [0.2, 0.25) is 0 Å². The van der Waals surface area contributed by atoms with Gasteiger partial charge in [0.25, 0.3) is 11.6 Å². The summed E-state index contributed by atoms with van der Waals surface area (Å²) in [6.45, 7) is 9.37. The van der Waals surface area contributed by atoms with Crippen LogP contribution < -0.4 is 26.0 Å². The van der Waals surface area contributed by atoms with Crippen molar-refractivity contribution < 1.29 is 9.59 Å². The van der Waals surface area contributed by atoms with E-state index in [1.807, 2.05) is 85.8 Å². The predicted octanol–water partition coefficient (Wildman–Crippen LogP) is 4.37. The van der Waals surface area contributed by atoms with Crippen LogP contribution in [0.5, 0.6) is 0 Å². The molecule has 3 aromatic carbocycles. The molecule has 8 nitrogen and oxygen atoms in total. The van der Waals surface area contributed by atoms with Gasteiger partial charge in [0.05, 0.1) is 11.4 Å². The first-order valence-electron chi connectivity index (χ1n) is 12.1. The lowest BCUT2D eigenvalue weighted by atomic mass is 10.1. The highest BCUT2D eigenvalue weighted by Crippen LogP contribution is 2.29. The van der Waals surface area contributed by atoms with E-state index >= 15 is 0 Å². The monoisotopic (exact) mass is 484 g/mol. The van der Waals surface area contributed by atoms with Crippen LogP contribution in [0, 0.1) is 6.92 Å². The largest absolute Gasteiger partial charge is 0.372 e. The second kappa shape index (κ2) is 10.5. The van der Waals surface area contributed by atoms with Crippen LogP contribution in [-0.2, 0) is 9.59 Å². The fourth-order valence-electron chi connectivity index (χ4n) is 4.21. The van der Waals surface area contributed by atoms with E-state index in [4.69, 9.17) is 4.99 Å². The van der Waals surface area contributed by atoms with Gasteiger partial charge >= 0.3 is 0 Å². The van der Waals surface area contributed by atoms with Crippen molar-refractivity contribution in [3.63, 3.8) is 0 Å². The maximum atomic E-state index is 14.0. The van der Waals surface area contributed by atoms with E-state index < -0.39 is 11.6 Å². The number of benzene rings is 3. The molecule has 1 heterocycles. The number of aliphatic imine (C=N–C) groups is 1. The lowest BCUT2D eigenvalue weighted by molar-refractivity contribution is -0.126. The van der Waals surface area contributed by atoms with E-state index in [2.05, 4.69) is 34.8 Å². The highest BCUT2D eigenvalue weighted by molar-refractivity contribution is 6.26. The first-order valence-corrected chi connectivity index (χ1v) is 12.1. The molecule has 3 aromatic rings. The molecular formula is C28H32N6O2. The molecule has 1 saturated heterocycles. The molecule has 2 amide bonds. The Balaban J connectivity index is 1.80. The zero-order chi connectivity index (χ0) is 25.7. The number of anilines is 3. The van der Waals surface area contributed by atoms with Crippen LogP contribution >= 0.6 is 0 Å². The summed E-state index contributed by atoms with van der Waals surface area (Å²) in [6.07, 6.45) is 0. The number of nitrogens with one attached hydrogen (secondary N) is 3. The van der Waals surface area contributed by atoms with Gasteiger partial charge in [0, 0.05) is 31.4 Å². The Hall–Kier alpha value is -4.33. The van der Waals surface area contributed by atoms with Crippen LogP contribution in [0.25, 0.3) is 0 Å². The van der Waals surface area contributed by atoms with Crippen molar-refractivity contribution in [1.29, 1.82) is 0 Å². The van der Waals surface area contributed by atoms with Crippen molar-refractivity contribution in [2.24, 2.45) is 4.99 Å². The van der Waals surface area contributed by atoms with Crippen molar-refractivity contribution in [3.8, 4) is 0 Å². The molecule has 4 rings (SSSR count). The first-order chi connectivity index (χ1) is 17.4. The molecule has 0 bridgehead atoms. The SMILES string of the molecule is CCN(CC)c1ccc(NC2(NC(C)=O)C(=O)N(c3ccccc3)NC2=Nc2ccc(C)cc2)cc1. The number of hydrogen-bond acceptors (Lipinski definition) is 5. The minimum atomic E-state index is -1.64. The molecular weight excluding hydrogens is 452 g/mol. The van der Waals surface area contributed by atoms with Crippen LogP contribution in [-0.4, -0.2) is 36.4 Å². The van der Waals surface area contributed by atoms with Crippen molar-refractivity contribution in [3.05, 3.63) is 84.4 Å². The predicted molar refractivity (Wildman–Crippen MR) is 146 cm³/mol. The minimum absolute atomic E-state index is 0.267. The average Bonchev–Trinajstić information content (AvgIpc) is 3.13. The highest BCUT2D eigenvalue weighted by Gasteiger charge is 2.54. The molecule has 186 valence electrons. The second-order valence-electron chi connectivity index (χ2n) is 8.66. The summed E-state index contributed by atoms with van der Waals surface area (Å²) in [4.78, 5) is 33.4. The number of aryl methyl sites for hydroxylation is 1. The van der Waals surface area contributed by atoms with Crippen molar-refractivity contribution in [2.45, 2.75) is 33.4 Å². The van der Waals surface area contributed by atoms with Gasteiger partial charge in [-0.3, -0.25) is 15.0 Å². The number of nitrogens with zero attached hydrogens (tertiary/aromatic N) is 3. The molecule has 1 fully saturated rings. The Morgan fingerprint density at radius 2 is 1.61 bits per heavy atom. The van der Waals surface area contributed by atoms with Gasteiger partial charge in [-0.25, -0.2) is 10.0 Å². The first kappa shape index (κ1) is 24.8. The van der Waals surface area contributed by atoms with Gasteiger partial charge < -0.3 is 15.5 Å². The van der Waals surface area contributed by atoms with Crippen molar-refractivity contribution >= 4 is 40.4 Å². The average molecular weight is 485 g/mol. The summed E-state index contributed by atoms with van der Waals surface area (Å²) in [5, 5.41) is 7.54. The molecule has 3 N–H and O–H groups in total. The van der Waals surface area contributed by atoms with Gasteiger partial charge in [-0.05, 0) is 69.3 Å². The molecule has 0 saturated carbocycles. The fraction of sp³-hybridized carbons (Fsp3) is 0.250. The maximum Gasteiger partial charge on any atom is 0.300 e. The van der Waals surface area contributed by atoms with Crippen molar-refractivity contribution in [2.75, 3.05) is 28.3 Å². The van der Waals surface area contributed by atoms with Crippen LogP contribution in [0.1, 0.15) is 26.3 Å². The van der Waals surface area contributed by atoms with Gasteiger partial charge in [-0.15, -0.1) is 0 Å². The van der Waals surface area contributed by atoms with Crippen LogP contribution in [0.15, 0.2) is 83.9 Å². The highest BCUT2D eigenvalue weighted by atomic mass is 16.2. The molecule has 1 aliphatic rings. The Kier molecular flexibility index (Phi) is 7.24. The normalized spacial score (nSPS) is 18.2. The molecule has 8 heteroatoms. The third-order valence-corrected chi connectivity index (χ3v) is 6.08. The summed E-state index contributed by atoms with van der Waals surface area (Å²) in [7, 11) is 0. The lowest BCUT2D eigenvalue weighted by Gasteiger charge is -2.29. The van der Waals surface area contributed by atoms with E-state index in [1.165, 1.54) is 11.9 Å². The number of amides is 2. The van der Waals surface area contributed by atoms with E-state index in [9.17, 15) is 9.59 Å². The Morgan fingerprint density at radius 3 is 2.19 bits per heavy atom. The smallest absolute Gasteiger partial charge is 0.300 e. The lowest BCUT2D eigenvalue weighted by Crippen LogP contribution is -2.63. The molecule has 0 radical (unpaired) electrons. The quantitative estimate of drug-likeness (QED) is 0.413. The third-order valence-electron chi connectivity index (χ3n) is 6.08. The van der Waals surface area contributed by atoms with E-state index in [0.717, 1.165) is 24.3 Å². The molecule has 1 aliphatic heterocycles. The zero-order valence-electron chi connectivity index (χ0n) is 21.1. The Morgan fingerprint density at radius 1 is 0.972 bits per heavy atom. The van der Waals surface area contributed by atoms with Gasteiger partial charge in [0.2, 0.25) is 5.91 Å². The van der Waals surface area contributed by atoms with E-state index in [0.29, 0.717) is 17.1 Å². The van der Waals surface area contributed by atoms with Crippen molar-refractivity contribution in [1.82, 2.24) is 10.7 Å². The maximum absolute atomic E-state index is 14.0. The number of hydrazine groups is 1. The minimum Gasteiger partial charge on any atom is -0.372 e. The van der Waals surface area contributed by atoms with Crippen LogP contribution in [0.3, 0.4) is 0 Å². The van der Waals surface area contributed by atoms with E-state index in [-0.39, 0.29) is 11.7 Å². The summed E-state index contributed by atoms with van der Waals surface area (Å²) in [6, 6.07) is 24.6. The standard InChI is InChI=1S/C28H32N6O2/c1-5-33(6-2)24-18-16-23(17-19-24)31-28(30-21(4)35)26(29-22-14-12-20(3)13-15-22)32-34(27(28)36)25-10-8-7-9-11-25/h7-19,31H,5-6H2,1-4H3,(H,29,32)(H,30,35). The number of hydrogen-bond donors (Lipinski definition) is 3. The molecule has 0 spiro atoms. The molecule has 1 unspecified atom stereocenters. The summed E-state index contributed by atoms with van der Waals surface area (Å²) in [5.74, 6) is -0.505. The van der Waals surface area contributed by atoms with Gasteiger partial charge in [0.1, 0.15) is 0 Å². The molecule has 0 aliphatic carbocycles. The summed E-state index contributed by atoms with van der Waals surface area (Å²) in [5.41, 5.74) is 5.62.